The third-order valence-electron chi connectivity index (χ3n) is 5.80. The van der Waals surface area contributed by atoms with Gasteiger partial charge in [-0.05, 0) is 29.0 Å². The summed E-state index contributed by atoms with van der Waals surface area (Å²) in [5, 5.41) is 10.1. The van der Waals surface area contributed by atoms with E-state index in [0.717, 1.165) is 42.2 Å². The van der Waals surface area contributed by atoms with Crippen molar-refractivity contribution in [2.45, 2.75) is 25.6 Å². The summed E-state index contributed by atoms with van der Waals surface area (Å²) in [5.41, 5.74) is 3.87. The van der Waals surface area contributed by atoms with Gasteiger partial charge in [-0.3, -0.25) is 14.4 Å². The number of thiophene rings is 1. The molecule has 0 aliphatic carbocycles. The minimum Gasteiger partial charge on any atom is -0.348 e. The van der Waals surface area contributed by atoms with Crippen LogP contribution in [-0.4, -0.2) is 39.7 Å². The minimum atomic E-state index is -0.0423. The highest BCUT2D eigenvalue weighted by Gasteiger charge is 2.26. The molecule has 0 bridgehead atoms. The molecule has 1 atom stereocenters. The van der Waals surface area contributed by atoms with Gasteiger partial charge in [0.1, 0.15) is 5.69 Å². The van der Waals surface area contributed by atoms with Crippen molar-refractivity contribution in [2.24, 2.45) is 0 Å². The zero-order chi connectivity index (χ0) is 21.8. The molecule has 4 aromatic rings. The number of amides is 1. The molecule has 32 heavy (non-hydrogen) atoms. The number of likely N-dealkylation sites (tertiary alicyclic amines) is 1. The van der Waals surface area contributed by atoms with Crippen LogP contribution in [0.25, 0.3) is 10.6 Å². The van der Waals surface area contributed by atoms with Crippen molar-refractivity contribution < 1.29 is 4.79 Å². The summed E-state index contributed by atoms with van der Waals surface area (Å²) in [6.07, 6.45) is 2.85. The van der Waals surface area contributed by atoms with E-state index < -0.39 is 0 Å². The molecule has 0 saturated carbocycles. The van der Waals surface area contributed by atoms with Crippen molar-refractivity contribution in [3.05, 3.63) is 101 Å². The molecule has 1 fully saturated rings. The Bertz CT molecular complexity index is 1160. The molecule has 1 saturated heterocycles. The molecular formula is C26H26N4OS. The predicted molar refractivity (Wildman–Crippen MR) is 129 cm³/mol. The molecule has 3 heterocycles. The van der Waals surface area contributed by atoms with Crippen molar-refractivity contribution in [2.75, 3.05) is 13.1 Å². The lowest BCUT2D eigenvalue weighted by atomic mass is 10.2. The third kappa shape index (κ3) is 4.82. The average Bonchev–Trinajstić information content (AvgIpc) is 3.56. The summed E-state index contributed by atoms with van der Waals surface area (Å²) in [5.74, 6) is -0.0423. The maximum Gasteiger partial charge on any atom is 0.255 e. The first kappa shape index (κ1) is 20.7. The Balaban J connectivity index is 1.29. The second-order valence-electron chi connectivity index (χ2n) is 8.23. The van der Waals surface area contributed by atoms with Crippen LogP contribution >= 0.6 is 11.3 Å². The highest BCUT2D eigenvalue weighted by molar-refractivity contribution is 7.13. The molecule has 162 valence electrons. The van der Waals surface area contributed by atoms with Crippen LogP contribution in [0.2, 0.25) is 0 Å². The monoisotopic (exact) mass is 442 g/mol. The summed E-state index contributed by atoms with van der Waals surface area (Å²) in [6.45, 7) is 3.42. The van der Waals surface area contributed by atoms with Crippen molar-refractivity contribution in [3.8, 4) is 10.6 Å². The Kier molecular flexibility index (Phi) is 6.14. The molecule has 0 unspecified atom stereocenters. The van der Waals surface area contributed by atoms with Crippen LogP contribution in [0.3, 0.4) is 0 Å². The number of carbonyl (C=O) groups is 1. The lowest BCUT2D eigenvalue weighted by Crippen LogP contribution is -2.37. The largest absolute Gasteiger partial charge is 0.348 e. The lowest BCUT2D eigenvalue weighted by Gasteiger charge is -2.16. The molecule has 5 nitrogen and oxygen atoms in total. The van der Waals surface area contributed by atoms with Gasteiger partial charge in [0.15, 0.2) is 0 Å². The number of aromatic nitrogens is 2. The number of hydrogen-bond acceptors (Lipinski definition) is 4. The summed E-state index contributed by atoms with van der Waals surface area (Å²) in [4.78, 5) is 16.7. The second-order valence-corrected chi connectivity index (χ2v) is 9.18. The van der Waals surface area contributed by atoms with E-state index >= 15 is 0 Å². The number of benzene rings is 2. The van der Waals surface area contributed by atoms with Crippen LogP contribution in [0, 0.1) is 0 Å². The fraction of sp³-hybridized carbons (Fsp3) is 0.231. The number of nitrogens with one attached hydrogen (secondary N) is 1. The van der Waals surface area contributed by atoms with Gasteiger partial charge >= 0.3 is 0 Å². The van der Waals surface area contributed by atoms with E-state index in [0.29, 0.717) is 12.1 Å². The molecule has 1 aliphatic heterocycles. The predicted octanol–water partition coefficient (Wildman–Crippen LogP) is 4.66. The fourth-order valence-corrected chi connectivity index (χ4v) is 4.96. The fourth-order valence-electron chi connectivity index (χ4n) is 4.23. The standard InChI is InChI=1S/C26H26N4OS/c31-26(27-22-13-14-29(18-22)16-20-8-3-1-4-9-20)23-19-30(17-21-10-5-2-6-11-21)28-25(23)24-12-7-15-32-24/h1-12,15,19,22H,13-14,16-18H2,(H,27,31)/t22-/m1/s1. The van der Waals surface area contributed by atoms with Crippen molar-refractivity contribution >= 4 is 17.2 Å². The maximum absolute atomic E-state index is 13.3. The maximum atomic E-state index is 13.3. The average molecular weight is 443 g/mol. The Morgan fingerprint density at radius 1 is 0.969 bits per heavy atom. The normalized spacial score (nSPS) is 16.3. The topological polar surface area (TPSA) is 50.2 Å². The van der Waals surface area contributed by atoms with Gasteiger partial charge in [0.2, 0.25) is 0 Å². The number of nitrogens with zero attached hydrogens (tertiary/aromatic N) is 3. The van der Waals surface area contributed by atoms with Gasteiger partial charge in [-0.15, -0.1) is 11.3 Å². The summed E-state index contributed by atoms with van der Waals surface area (Å²) < 4.78 is 1.87. The number of hydrogen-bond donors (Lipinski definition) is 1. The van der Waals surface area contributed by atoms with E-state index in [1.54, 1.807) is 11.3 Å². The van der Waals surface area contributed by atoms with E-state index in [1.807, 2.05) is 52.7 Å². The van der Waals surface area contributed by atoms with Crippen LogP contribution in [0.1, 0.15) is 27.9 Å². The summed E-state index contributed by atoms with van der Waals surface area (Å²) in [7, 11) is 0. The molecular weight excluding hydrogens is 416 g/mol. The first-order valence-electron chi connectivity index (χ1n) is 11.0. The van der Waals surface area contributed by atoms with E-state index in [-0.39, 0.29) is 11.9 Å². The smallest absolute Gasteiger partial charge is 0.255 e. The van der Waals surface area contributed by atoms with Gasteiger partial charge < -0.3 is 5.32 Å². The Hall–Kier alpha value is -3.22. The molecule has 0 spiro atoms. The number of carbonyl (C=O) groups excluding carboxylic acids is 1. The molecule has 1 N–H and O–H groups in total. The minimum absolute atomic E-state index is 0.0423. The van der Waals surface area contributed by atoms with E-state index in [1.165, 1.54) is 5.56 Å². The van der Waals surface area contributed by atoms with Crippen molar-refractivity contribution in [1.29, 1.82) is 0 Å². The zero-order valence-electron chi connectivity index (χ0n) is 17.9. The van der Waals surface area contributed by atoms with E-state index in [2.05, 4.69) is 46.6 Å². The van der Waals surface area contributed by atoms with Crippen LogP contribution in [0.4, 0.5) is 0 Å². The Labute approximate surface area is 192 Å². The Morgan fingerprint density at radius 2 is 1.69 bits per heavy atom. The highest BCUT2D eigenvalue weighted by Crippen LogP contribution is 2.27. The van der Waals surface area contributed by atoms with Gasteiger partial charge in [-0.25, -0.2) is 0 Å². The molecule has 6 heteroatoms. The SMILES string of the molecule is O=C(N[C@@H]1CCN(Cc2ccccc2)C1)c1cn(Cc2ccccc2)nc1-c1cccs1. The second kappa shape index (κ2) is 9.51. The Morgan fingerprint density at radius 3 is 2.38 bits per heavy atom. The molecule has 5 rings (SSSR count). The van der Waals surface area contributed by atoms with Crippen LogP contribution < -0.4 is 5.32 Å². The van der Waals surface area contributed by atoms with Crippen molar-refractivity contribution in [1.82, 2.24) is 20.0 Å². The molecule has 2 aromatic carbocycles. The summed E-state index contributed by atoms with van der Waals surface area (Å²) in [6, 6.07) is 24.9. The first-order valence-corrected chi connectivity index (χ1v) is 11.8. The van der Waals surface area contributed by atoms with Crippen LogP contribution in [0.15, 0.2) is 84.4 Å². The highest BCUT2D eigenvalue weighted by atomic mass is 32.1. The van der Waals surface area contributed by atoms with Crippen LogP contribution in [0.5, 0.6) is 0 Å². The lowest BCUT2D eigenvalue weighted by molar-refractivity contribution is 0.0938. The molecule has 2 aromatic heterocycles. The van der Waals surface area contributed by atoms with E-state index in [9.17, 15) is 4.79 Å². The zero-order valence-corrected chi connectivity index (χ0v) is 18.7. The van der Waals surface area contributed by atoms with Gasteiger partial charge in [-0.1, -0.05) is 66.7 Å². The quantitative estimate of drug-likeness (QED) is 0.453. The third-order valence-corrected chi connectivity index (χ3v) is 6.68. The van der Waals surface area contributed by atoms with Gasteiger partial charge in [0, 0.05) is 31.9 Å². The van der Waals surface area contributed by atoms with Crippen molar-refractivity contribution in [3.63, 3.8) is 0 Å². The van der Waals surface area contributed by atoms with Gasteiger partial charge in [0.25, 0.3) is 5.91 Å². The summed E-state index contributed by atoms with van der Waals surface area (Å²) >= 11 is 1.61. The number of rotatable bonds is 7. The van der Waals surface area contributed by atoms with E-state index in [4.69, 9.17) is 5.10 Å². The molecule has 1 aliphatic rings. The van der Waals surface area contributed by atoms with Crippen LogP contribution in [-0.2, 0) is 13.1 Å². The molecule has 1 amide bonds. The van der Waals surface area contributed by atoms with Gasteiger partial charge in [0.05, 0.1) is 17.0 Å². The van der Waals surface area contributed by atoms with Gasteiger partial charge in [-0.2, -0.15) is 5.10 Å². The molecule has 0 radical (unpaired) electrons. The first-order chi connectivity index (χ1) is 15.7.